The van der Waals surface area contributed by atoms with Crippen LogP contribution in [0.1, 0.15) is 79.4 Å². The van der Waals surface area contributed by atoms with E-state index in [1.54, 1.807) is 48.9 Å². The van der Waals surface area contributed by atoms with Crippen molar-refractivity contribution >= 4 is 57.5 Å². The summed E-state index contributed by atoms with van der Waals surface area (Å²) >= 11 is 6.37. The summed E-state index contributed by atoms with van der Waals surface area (Å²) < 4.78 is 48.9. The predicted octanol–water partition coefficient (Wildman–Crippen LogP) is 8.23. The lowest BCUT2D eigenvalue weighted by Gasteiger charge is -2.30. The first-order valence-corrected chi connectivity index (χ1v) is 18.6. The third kappa shape index (κ3) is 10.5. The molecular weight excluding hydrogens is 738 g/mol. The van der Waals surface area contributed by atoms with Crippen LogP contribution in [-0.2, 0) is 41.4 Å². The van der Waals surface area contributed by atoms with E-state index in [1.165, 1.54) is 38.1 Å². The summed E-state index contributed by atoms with van der Waals surface area (Å²) in [6.45, 7) is 14.4. The molecule has 2 aliphatic rings. The molecule has 2 amide bonds. The van der Waals surface area contributed by atoms with Gasteiger partial charge < -0.3 is 38.7 Å². The number of carbonyl (C=O) groups is 4. The first-order chi connectivity index (χ1) is 25.7. The zero-order valence-corrected chi connectivity index (χ0v) is 33.1. The summed E-state index contributed by atoms with van der Waals surface area (Å²) in [4.78, 5) is 57.6. The quantitative estimate of drug-likeness (QED) is 0.147. The molecule has 4 heterocycles. The maximum Gasteiger partial charge on any atom is 0.410 e. The number of likely N-dealkylation sites (tertiary alicyclic amines) is 2. The van der Waals surface area contributed by atoms with Crippen molar-refractivity contribution < 1.29 is 46.9 Å². The van der Waals surface area contributed by atoms with E-state index >= 15 is 0 Å². The topological polar surface area (TPSA) is 143 Å². The molecule has 0 radical (unpaired) electrons. The zero-order valence-electron chi connectivity index (χ0n) is 32.4. The van der Waals surface area contributed by atoms with Crippen LogP contribution < -0.4 is 0 Å². The lowest BCUT2D eigenvalue weighted by Crippen LogP contribution is -2.44. The van der Waals surface area contributed by atoms with Crippen LogP contribution in [0.25, 0.3) is 21.8 Å². The molecule has 4 atom stereocenters. The number of amides is 2. The SMILES string of the molecule is CC(=O)O[C@H]1CCN(C(=O)OC(C)(C)C)[C@@H]1Cc1c(Cl)[nH]c2cc(F)ccc12.CC(=O)O[C@H]1CCN(C(=O)OC(C)(C)C)[C@@H]1Cc1c[nH]c2cc(F)ccc12. The second-order valence-electron chi connectivity index (χ2n) is 15.9. The number of rotatable bonds is 6. The molecule has 0 spiro atoms. The van der Waals surface area contributed by atoms with Crippen LogP contribution in [0.15, 0.2) is 42.6 Å². The number of nitrogens with one attached hydrogen (secondary N) is 2. The van der Waals surface area contributed by atoms with E-state index in [4.69, 9.17) is 30.5 Å². The second-order valence-corrected chi connectivity index (χ2v) is 16.3. The van der Waals surface area contributed by atoms with Gasteiger partial charge in [-0.2, -0.15) is 0 Å². The van der Waals surface area contributed by atoms with Gasteiger partial charge in [0.2, 0.25) is 0 Å². The van der Waals surface area contributed by atoms with E-state index < -0.39 is 47.6 Å². The summed E-state index contributed by atoms with van der Waals surface area (Å²) in [6.07, 6.45) is 1.94. The molecule has 0 bridgehead atoms. The Hall–Kier alpha value is -4.85. The van der Waals surface area contributed by atoms with Crippen molar-refractivity contribution in [1.82, 2.24) is 19.8 Å². The number of hydrogen-bond acceptors (Lipinski definition) is 8. The minimum atomic E-state index is -0.642. The van der Waals surface area contributed by atoms with E-state index in [2.05, 4.69) is 9.97 Å². The summed E-state index contributed by atoms with van der Waals surface area (Å²) in [5, 5.41) is 2.02. The lowest BCUT2D eigenvalue weighted by molar-refractivity contribution is -0.148. The van der Waals surface area contributed by atoms with E-state index in [0.717, 1.165) is 21.9 Å². The Morgan fingerprint density at radius 2 is 1.22 bits per heavy atom. The van der Waals surface area contributed by atoms with Gasteiger partial charge in [-0.25, -0.2) is 18.4 Å². The van der Waals surface area contributed by atoms with Crippen molar-refractivity contribution in [1.29, 1.82) is 0 Å². The summed E-state index contributed by atoms with van der Waals surface area (Å²) in [6, 6.07) is 8.16. The van der Waals surface area contributed by atoms with E-state index in [1.807, 2.05) is 20.8 Å². The first kappa shape index (κ1) is 41.3. The Kier molecular flexibility index (Phi) is 12.4. The minimum Gasteiger partial charge on any atom is -0.460 e. The number of aromatic nitrogens is 2. The number of carbonyl (C=O) groups excluding carboxylic acids is 4. The largest absolute Gasteiger partial charge is 0.460 e. The van der Waals surface area contributed by atoms with Crippen molar-refractivity contribution in [3.8, 4) is 0 Å². The van der Waals surface area contributed by atoms with E-state index in [-0.39, 0.29) is 23.6 Å². The molecule has 2 fully saturated rings. The van der Waals surface area contributed by atoms with Gasteiger partial charge in [0, 0.05) is 74.2 Å². The normalized spacial score (nSPS) is 20.0. The maximum atomic E-state index is 13.5. The third-order valence-corrected chi connectivity index (χ3v) is 9.57. The molecule has 2 aliphatic heterocycles. The average Bonchev–Trinajstić information content (AvgIpc) is 3.81. The standard InChI is InChI=1S/C20H24ClFN2O4.C20H25FN2O4/c1-11(25)27-17-7-8-24(19(26)28-20(2,3)4)16(17)10-14-13-6-5-12(22)9-15(13)23-18(14)21;1-12(24)26-18-7-8-23(19(25)27-20(2,3)4)17(18)9-13-11-22-16-10-14(21)5-6-15(13)16/h5-6,9,16-17,23H,7-8,10H2,1-4H3;5-6,10-11,17-18,22H,7-9H2,1-4H3/t16-,17+;17-,18+/m11/s1. The molecule has 0 aliphatic carbocycles. The number of hydrogen-bond donors (Lipinski definition) is 2. The molecule has 2 saturated heterocycles. The predicted molar refractivity (Wildman–Crippen MR) is 203 cm³/mol. The number of esters is 2. The van der Waals surface area contributed by atoms with Gasteiger partial charge in [-0.15, -0.1) is 0 Å². The van der Waals surface area contributed by atoms with Gasteiger partial charge in [0.25, 0.3) is 0 Å². The molecular formula is C40H49ClF2N4O8. The number of nitrogens with zero attached hydrogens (tertiary/aromatic N) is 2. The van der Waals surface area contributed by atoms with Crippen molar-refractivity contribution in [2.75, 3.05) is 13.1 Å². The van der Waals surface area contributed by atoms with Crippen LogP contribution in [-0.4, -0.2) is 92.5 Å². The van der Waals surface area contributed by atoms with Crippen LogP contribution in [0, 0.1) is 11.6 Å². The molecule has 2 aromatic heterocycles. The van der Waals surface area contributed by atoms with E-state index in [9.17, 15) is 28.0 Å². The van der Waals surface area contributed by atoms with Crippen molar-refractivity contribution in [2.45, 2.75) is 117 Å². The molecule has 6 rings (SSSR count). The molecule has 0 unspecified atom stereocenters. The van der Waals surface area contributed by atoms with Gasteiger partial charge in [-0.1, -0.05) is 11.6 Å². The number of halogens is 3. The van der Waals surface area contributed by atoms with Gasteiger partial charge in [0.05, 0.1) is 12.1 Å². The molecule has 12 nitrogen and oxygen atoms in total. The van der Waals surface area contributed by atoms with Crippen LogP contribution in [0.5, 0.6) is 0 Å². The van der Waals surface area contributed by atoms with Crippen LogP contribution in [0.2, 0.25) is 5.15 Å². The van der Waals surface area contributed by atoms with Crippen LogP contribution >= 0.6 is 11.6 Å². The molecule has 4 aromatic rings. The lowest BCUT2D eigenvalue weighted by atomic mass is 10.0. The average molecular weight is 787 g/mol. The highest BCUT2D eigenvalue weighted by molar-refractivity contribution is 6.31. The Balaban J connectivity index is 0.000000211. The third-order valence-electron chi connectivity index (χ3n) is 9.25. The van der Waals surface area contributed by atoms with Gasteiger partial charge in [0.1, 0.15) is 40.2 Å². The Morgan fingerprint density at radius 3 is 1.71 bits per heavy atom. The highest BCUT2D eigenvalue weighted by Gasteiger charge is 2.43. The fraction of sp³-hybridized carbons (Fsp3) is 0.500. The fourth-order valence-electron chi connectivity index (χ4n) is 7.09. The first-order valence-electron chi connectivity index (χ1n) is 18.2. The molecule has 15 heteroatoms. The summed E-state index contributed by atoms with van der Waals surface area (Å²) in [7, 11) is 0. The number of aromatic amines is 2. The van der Waals surface area contributed by atoms with Gasteiger partial charge in [0.15, 0.2) is 0 Å². The van der Waals surface area contributed by atoms with Crippen molar-refractivity contribution in [3.63, 3.8) is 0 Å². The number of H-pyrrole nitrogens is 2. The summed E-state index contributed by atoms with van der Waals surface area (Å²) in [5.74, 6) is -1.47. The molecule has 55 heavy (non-hydrogen) atoms. The molecule has 298 valence electrons. The number of ether oxygens (including phenoxy) is 4. The molecule has 0 saturated carbocycles. The zero-order chi connectivity index (χ0) is 40.4. The highest BCUT2D eigenvalue weighted by atomic mass is 35.5. The van der Waals surface area contributed by atoms with E-state index in [0.29, 0.717) is 55.0 Å². The van der Waals surface area contributed by atoms with Crippen LogP contribution in [0.3, 0.4) is 0 Å². The van der Waals surface area contributed by atoms with Gasteiger partial charge in [-0.3, -0.25) is 9.59 Å². The minimum absolute atomic E-state index is 0.315. The van der Waals surface area contributed by atoms with Gasteiger partial charge >= 0.3 is 24.1 Å². The molecule has 2 aromatic carbocycles. The van der Waals surface area contributed by atoms with Gasteiger partial charge in [-0.05, 0) is 95.5 Å². The number of benzene rings is 2. The Bertz CT molecular complexity index is 2050. The van der Waals surface area contributed by atoms with Crippen molar-refractivity contribution in [3.05, 3.63) is 70.5 Å². The smallest absolute Gasteiger partial charge is 0.410 e. The van der Waals surface area contributed by atoms with Crippen molar-refractivity contribution in [2.24, 2.45) is 0 Å². The monoisotopic (exact) mass is 786 g/mol. The Labute approximate surface area is 323 Å². The number of fused-ring (bicyclic) bond motifs is 2. The fourth-order valence-corrected chi connectivity index (χ4v) is 7.37. The second kappa shape index (κ2) is 16.5. The Morgan fingerprint density at radius 1 is 0.745 bits per heavy atom. The van der Waals surface area contributed by atoms with Crippen LogP contribution in [0.4, 0.5) is 18.4 Å². The maximum absolute atomic E-state index is 13.5. The summed E-state index contributed by atoms with van der Waals surface area (Å²) in [5.41, 5.74) is 1.69. The molecule has 2 N–H and O–H groups in total. The highest BCUT2D eigenvalue weighted by Crippen LogP contribution is 2.34.